The molecule has 0 N–H and O–H groups in total. The van der Waals surface area contributed by atoms with E-state index in [0.29, 0.717) is 30.9 Å². The summed E-state index contributed by atoms with van der Waals surface area (Å²) in [4.78, 5) is 16.5. The quantitative estimate of drug-likeness (QED) is 0.472. The smallest absolute Gasteiger partial charge is 0.294 e. The van der Waals surface area contributed by atoms with E-state index in [0.717, 1.165) is 6.54 Å². The molecular weight excluding hydrogens is 288 g/mol. The van der Waals surface area contributed by atoms with Crippen LogP contribution in [0.25, 0.3) is 0 Å². The first-order valence-corrected chi connectivity index (χ1v) is 8.56. The Hall–Kier alpha value is -1.84. The SMILES string of the molecule is CCOC(=NC=O)N(C)CC1CCCC(c2ccccc2C)C1. The van der Waals surface area contributed by atoms with Gasteiger partial charge in [-0.3, -0.25) is 4.79 Å². The van der Waals surface area contributed by atoms with Crippen molar-refractivity contribution in [2.45, 2.75) is 45.4 Å². The highest BCUT2D eigenvalue weighted by molar-refractivity contribution is 5.80. The Morgan fingerprint density at radius 2 is 2.17 bits per heavy atom. The number of amides is 1. The summed E-state index contributed by atoms with van der Waals surface area (Å²) < 4.78 is 5.46. The normalized spacial score (nSPS) is 21.8. The molecule has 126 valence electrons. The minimum atomic E-state index is 0.431. The van der Waals surface area contributed by atoms with Crippen molar-refractivity contribution in [1.82, 2.24) is 4.90 Å². The second-order valence-electron chi connectivity index (χ2n) is 6.42. The number of hydrogen-bond acceptors (Lipinski definition) is 2. The summed E-state index contributed by atoms with van der Waals surface area (Å²) in [5, 5.41) is 0. The molecule has 0 saturated heterocycles. The third kappa shape index (κ3) is 4.81. The highest BCUT2D eigenvalue weighted by atomic mass is 16.5. The summed E-state index contributed by atoms with van der Waals surface area (Å²) in [6.45, 7) is 5.51. The molecule has 0 aromatic heterocycles. The lowest BCUT2D eigenvalue weighted by atomic mass is 9.77. The molecule has 23 heavy (non-hydrogen) atoms. The monoisotopic (exact) mass is 316 g/mol. The van der Waals surface area contributed by atoms with Gasteiger partial charge in [-0.15, -0.1) is 0 Å². The predicted molar refractivity (Wildman–Crippen MR) is 93.6 cm³/mol. The minimum Gasteiger partial charge on any atom is -0.465 e. The maximum Gasteiger partial charge on any atom is 0.294 e. The fraction of sp³-hybridized carbons (Fsp3) is 0.579. The highest BCUT2D eigenvalue weighted by Crippen LogP contribution is 2.37. The van der Waals surface area contributed by atoms with Crippen molar-refractivity contribution in [1.29, 1.82) is 0 Å². The first-order valence-electron chi connectivity index (χ1n) is 8.56. The van der Waals surface area contributed by atoms with Crippen LogP contribution in [0.3, 0.4) is 0 Å². The molecule has 2 atom stereocenters. The van der Waals surface area contributed by atoms with Crippen molar-refractivity contribution in [3.63, 3.8) is 0 Å². The molecule has 0 spiro atoms. The number of ether oxygens (including phenoxy) is 1. The van der Waals surface area contributed by atoms with E-state index in [2.05, 4.69) is 36.2 Å². The Morgan fingerprint density at radius 1 is 1.39 bits per heavy atom. The van der Waals surface area contributed by atoms with Crippen LogP contribution in [0.5, 0.6) is 0 Å². The van der Waals surface area contributed by atoms with E-state index in [1.54, 1.807) is 0 Å². The summed E-state index contributed by atoms with van der Waals surface area (Å²) in [5.41, 5.74) is 2.88. The van der Waals surface area contributed by atoms with Gasteiger partial charge in [0.1, 0.15) is 0 Å². The second-order valence-corrected chi connectivity index (χ2v) is 6.42. The molecule has 0 aliphatic heterocycles. The Labute approximate surface area is 139 Å². The van der Waals surface area contributed by atoms with Crippen molar-refractivity contribution in [3.8, 4) is 0 Å². The van der Waals surface area contributed by atoms with Crippen LogP contribution in [0, 0.1) is 12.8 Å². The maximum atomic E-state index is 10.7. The van der Waals surface area contributed by atoms with Crippen LogP contribution in [0.15, 0.2) is 29.3 Å². The van der Waals surface area contributed by atoms with Gasteiger partial charge in [0.2, 0.25) is 6.41 Å². The van der Waals surface area contributed by atoms with E-state index in [1.165, 1.54) is 36.8 Å². The van der Waals surface area contributed by atoms with Crippen LogP contribution in [-0.4, -0.2) is 37.5 Å². The molecule has 0 bridgehead atoms. The molecule has 1 aliphatic carbocycles. The van der Waals surface area contributed by atoms with E-state index >= 15 is 0 Å². The van der Waals surface area contributed by atoms with Gasteiger partial charge in [0.15, 0.2) is 0 Å². The molecule has 1 saturated carbocycles. The number of aryl methyl sites for hydroxylation is 1. The number of hydrogen-bond donors (Lipinski definition) is 0. The molecule has 1 aromatic carbocycles. The van der Waals surface area contributed by atoms with Crippen LogP contribution in [-0.2, 0) is 9.53 Å². The van der Waals surface area contributed by atoms with Crippen molar-refractivity contribution >= 4 is 12.4 Å². The fourth-order valence-corrected chi connectivity index (χ4v) is 3.67. The summed E-state index contributed by atoms with van der Waals surface area (Å²) in [5.74, 6) is 1.25. The molecule has 0 radical (unpaired) electrons. The summed E-state index contributed by atoms with van der Waals surface area (Å²) >= 11 is 0. The number of carbonyl (C=O) groups is 1. The van der Waals surface area contributed by atoms with Crippen molar-refractivity contribution < 1.29 is 9.53 Å². The van der Waals surface area contributed by atoms with E-state index in [-0.39, 0.29) is 0 Å². The number of amidine groups is 1. The average molecular weight is 316 g/mol. The Bertz CT molecular complexity index is 542. The zero-order valence-electron chi connectivity index (χ0n) is 14.5. The van der Waals surface area contributed by atoms with Crippen molar-refractivity contribution in [3.05, 3.63) is 35.4 Å². The lowest BCUT2D eigenvalue weighted by Crippen LogP contribution is -2.35. The summed E-state index contributed by atoms with van der Waals surface area (Å²) in [6, 6.07) is 9.15. The minimum absolute atomic E-state index is 0.431. The first kappa shape index (κ1) is 17.5. The first-order chi connectivity index (χ1) is 11.2. The zero-order valence-corrected chi connectivity index (χ0v) is 14.5. The third-order valence-electron chi connectivity index (χ3n) is 4.71. The van der Waals surface area contributed by atoms with Gasteiger partial charge in [0, 0.05) is 13.6 Å². The van der Waals surface area contributed by atoms with Gasteiger partial charge in [0.25, 0.3) is 6.02 Å². The predicted octanol–water partition coefficient (Wildman–Crippen LogP) is 3.75. The lowest BCUT2D eigenvalue weighted by Gasteiger charge is -2.33. The number of rotatable bonds is 5. The molecule has 4 nitrogen and oxygen atoms in total. The van der Waals surface area contributed by atoms with Crippen molar-refractivity contribution in [2.75, 3.05) is 20.2 Å². The van der Waals surface area contributed by atoms with Crippen LogP contribution in [0.4, 0.5) is 0 Å². The molecule has 1 amide bonds. The Morgan fingerprint density at radius 3 is 2.87 bits per heavy atom. The molecule has 1 aromatic rings. The largest absolute Gasteiger partial charge is 0.465 e. The molecule has 4 heteroatoms. The van der Waals surface area contributed by atoms with Gasteiger partial charge in [0.05, 0.1) is 6.61 Å². The third-order valence-corrected chi connectivity index (χ3v) is 4.71. The standard InChI is InChI=1S/C19H28N2O2/c1-4-23-19(20-14-22)21(3)13-16-9-7-10-17(12-16)18-11-6-5-8-15(18)2/h5-6,8,11,14,16-17H,4,7,9-10,12-13H2,1-3H3. The van der Waals surface area contributed by atoms with E-state index in [1.807, 2.05) is 18.9 Å². The molecule has 0 heterocycles. The summed E-state index contributed by atoms with van der Waals surface area (Å²) in [6.07, 6.45) is 5.50. The topological polar surface area (TPSA) is 41.9 Å². The maximum absolute atomic E-state index is 10.7. The summed E-state index contributed by atoms with van der Waals surface area (Å²) in [7, 11) is 1.95. The second kappa shape index (κ2) is 8.70. The van der Waals surface area contributed by atoms with Crippen molar-refractivity contribution in [2.24, 2.45) is 10.9 Å². The van der Waals surface area contributed by atoms with E-state index < -0.39 is 0 Å². The van der Waals surface area contributed by atoms with Gasteiger partial charge in [-0.05, 0) is 56.1 Å². The van der Waals surface area contributed by atoms with Gasteiger partial charge in [-0.2, -0.15) is 4.99 Å². The molecule has 1 fully saturated rings. The average Bonchev–Trinajstić information content (AvgIpc) is 2.55. The number of carbonyl (C=O) groups excluding carboxylic acids is 1. The molecule has 2 unspecified atom stereocenters. The van der Waals surface area contributed by atoms with E-state index in [9.17, 15) is 4.79 Å². The van der Waals surface area contributed by atoms with Gasteiger partial charge >= 0.3 is 0 Å². The number of benzene rings is 1. The van der Waals surface area contributed by atoms with Crippen LogP contribution >= 0.6 is 0 Å². The van der Waals surface area contributed by atoms with Gasteiger partial charge in [-0.25, -0.2) is 0 Å². The van der Waals surface area contributed by atoms with Crippen LogP contribution < -0.4 is 0 Å². The highest BCUT2D eigenvalue weighted by Gasteiger charge is 2.25. The zero-order chi connectivity index (χ0) is 16.7. The number of nitrogens with zero attached hydrogens (tertiary/aromatic N) is 2. The molecule has 2 rings (SSSR count). The number of aliphatic imine (C=N–C) groups is 1. The van der Waals surface area contributed by atoms with Gasteiger partial charge in [-0.1, -0.05) is 30.7 Å². The molecular formula is C19H28N2O2. The van der Waals surface area contributed by atoms with Gasteiger partial charge < -0.3 is 9.64 Å². The lowest BCUT2D eigenvalue weighted by molar-refractivity contribution is -0.106. The van der Waals surface area contributed by atoms with Crippen LogP contribution in [0.1, 0.15) is 49.7 Å². The van der Waals surface area contributed by atoms with E-state index in [4.69, 9.17) is 4.74 Å². The Kier molecular flexibility index (Phi) is 6.63. The fourth-order valence-electron chi connectivity index (χ4n) is 3.67. The molecule has 1 aliphatic rings. The Balaban J connectivity index is 2.00. The van der Waals surface area contributed by atoms with Crippen LogP contribution in [0.2, 0.25) is 0 Å².